The first-order valence-electron chi connectivity index (χ1n) is 8.90. The topological polar surface area (TPSA) is 102 Å². The summed E-state index contributed by atoms with van der Waals surface area (Å²) < 4.78 is 27.7. The molecule has 3 rings (SSSR count). The Morgan fingerprint density at radius 1 is 1.14 bits per heavy atom. The number of benzene rings is 2. The lowest BCUT2D eigenvalue weighted by atomic mass is 9.87. The van der Waals surface area contributed by atoms with Crippen molar-refractivity contribution in [1.82, 2.24) is 3.97 Å². The first-order valence-corrected chi connectivity index (χ1v) is 10.3. The Hall–Kier alpha value is -2.71. The van der Waals surface area contributed by atoms with Gasteiger partial charge in [-0.1, -0.05) is 42.8 Å². The van der Waals surface area contributed by atoms with E-state index in [1.54, 1.807) is 55.5 Å². The standard InChI is InChI=1S/C20H22N2O5S/c1-14-7-9-16(10-8-14)28(26,27)21-11-19(17-5-3-4-6-20(17)21)18(12-22(24)25)15(2)13-23/h3-11,15,18,23H,12-13H2,1-2H3/t15-,18-/m1/s1. The molecular formula is C20H22N2O5S. The van der Waals surface area contributed by atoms with E-state index in [2.05, 4.69) is 0 Å². The highest BCUT2D eigenvalue weighted by Crippen LogP contribution is 2.34. The predicted octanol–water partition coefficient (Wildman–Crippen LogP) is 3.18. The molecule has 0 amide bonds. The number of hydrogen-bond acceptors (Lipinski definition) is 5. The van der Waals surface area contributed by atoms with Crippen molar-refractivity contribution in [2.75, 3.05) is 13.2 Å². The third-order valence-electron chi connectivity index (χ3n) is 5.01. The molecule has 8 heteroatoms. The van der Waals surface area contributed by atoms with Crippen LogP contribution in [0.5, 0.6) is 0 Å². The fourth-order valence-electron chi connectivity index (χ4n) is 3.37. The highest BCUT2D eigenvalue weighted by molar-refractivity contribution is 7.90. The van der Waals surface area contributed by atoms with Crippen molar-refractivity contribution in [3.05, 3.63) is 76.0 Å². The van der Waals surface area contributed by atoms with Crippen molar-refractivity contribution < 1.29 is 18.4 Å². The number of fused-ring (bicyclic) bond motifs is 1. The Morgan fingerprint density at radius 2 is 1.79 bits per heavy atom. The van der Waals surface area contributed by atoms with E-state index < -0.39 is 26.8 Å². The van der Waals surface area contributed by atoms with E-state index in [1.165, 1.54) is 10.2 Å². The van der Waals surface area contributed by atoms with Crippen LogP contribution in [0.4, 0.5) is 0 Å². The average molecular weight is 402 g/mol. The number of nitro groups is 1. The molecule has 0 aliphatic heterocycles. The van der Waals surface area contributed by atoms with Gasteiger partial charge in [-0.25, -0.2) is 12.4 Å². The van der Waals surface area contributed by atoms with Crippen LogP contribution in [0.15, 0.2) is 59.6 Å². The summed E-state index contributed by atoms with van der Waals surface area (Å²) in [5.41, 5.74) is 1.95. The summed E-state index contributed by atoms with van der Waals surface area (Å²) in [6.45, 7) is 2.97. The van der Waals surface area contributed by atoms with Crippen LogP contribution in [0.1, 0.15) is 24.0 Å². The Morgan fingerprint density at radius 3 is 2.39 bits per heavy atom. The maximum Gasteiger partial charge on any atom is 0.268 e. The summed E-state index contributed by atoms with van der Waals surface area (Å²) in [7, 11) is -3.87. The minimum absolute atomic E-state index is 0.145. The van der Waals surface area contributed by atoms with Crippen LogP contribution in [0.2, 0.25) is 0 Å². The van der Waals surface area contributed by atoms with Gasteiger partial charge in [0.2, 0.25) is 6.54 Å². The molecule has 0 bridgehead atoms. The van der Waals surface area contributed by atoms with E-state index in [0.29, 0.717) is 16.5 Å². The highest BCUT2D eigenvalue weighted by atomic mass is 32.2. The minimum Gasteiger partial charge on any atom is -0.396 e. The van der Waals surface area contributed by atoms with Gasteiger partial charge in [0.15, 0.2) is 0 Å². The minimum atomic E-state index is -3.87. The van der Waals surface area contributed by atoms with Gasteiger partial charge in [0.25, 0.3) is 10.0 Å². The first kappa shape index (κ1) is 20.0. The van der Waals surface area contributed by atoms with E-state index in [0.717, 1.165) is 5.56 Å². The van der Waals surface area contributed by atoms with Crippen LogP contribution in [0.3, 0.4) is 0 Å². The van der Waals surface area contributed by atoms with Crippen molar-refractivity contribution >= 4 is 20.9 Å². The second-order valence-corrected chi connectivity index (χ2v) is 8.81. The molecule has 2 aromatic carbocycles. The number of para-hydroxylation sites is 1. The number of rotatable bonds is 7. The van der Waals surface area contributed by atoms with Gasteiger partial charge in [-0.05, 0) is 36.6 Å². The van der Waals surface area contributed by atoms with Gasteiger partial charge in [0, 0.05) is 23.1 Å². The zero-order valence-corrected chi connectivity index (χ0v) is 16.5. The van der Waals surface area contributed by atoms with Crippen molar-refractivity contribution in [1.29, 1.82) is 0 Å². The maximum absolute atomic E-state index is 13.2. The summed E-state index contributed by atoms with van der Waals surface area (Å²) in [6, 6.07) is 13.5. The molecule has 0 fully saturated rings. The average Bonchev–Trinajstić information content (AvgIpc) is 3.06. The third kappa shape index (κ3) is 3.65. The first-order chi connectivity index (χ1) is 13.3. The normalized spacial score (nSPS) is 14.1. The second-order valence-electron chi connectivity index (χ2n) is 7.00. The monoisotopic (exact) mass is 402 g/mol. The number of aryl methyl sites for hydroxylation is 1. The maximum atomic E-state index is 13.2. The molecule has 1 N–H and O–H groups in total. The molecule has 0 aliphatic rings. The van der Waals surface area contributed by atoms with E-state index >= 15 is 0 Å². The molecular weight excluding hydrogens is 380 g/mol. The zero-order chi connectivity index (χ0) is 20.5. The Balaban J connectivity index is 2.23. The second kappa shape index (κ2) is 7.73. The molecule has 3 aromatic rings. The molecule has 0 saturated carbocycles. The van der Waals surface area contributed by atoms with Crippen molar-refractivity contribution in [3.63, 3.8) is 0 Å². The number of aromatic nitrogens is 1. The Kier molecular flexibility index (Phi) is 5.53. The lowest BCUT2D eigenvalue weighted by Crippen LogP contribution is -2.22. The smallest absolute Gasteiger partial charge is 0.268 e. The lowest BCUT2D eigenvalue weighted by molar-refractivity contribution is -0.484. The third-order valence-corrected chi connectivity index (χ3v) is 6.69. The fraction of sp³-hybridized carbons (Fsp3) is 0.300. The molecule has 2 atom stereocenters. The van der Waals surface area contributed by atoms with E-state index in [9.17, 15) is 23.6 Å². The van der Waals surface area contributed by atoms with Crippen molar-refractivity contribution in [2.24, 2.45) is 5.92 Å². The predicted molar refractivity (Wildman–Crippen MR) is 107 cm³/mol. The van der Waals surface area contributed by atoms with Gasteiger partial charge < -0.3 is 5.11 Å². The quantitative estimate of drug-likeness (QED) is 0.483. The zero-order valence-electron chi connectivity index (χ0n) is 15.6. The van der Waals surface area contributed by atoms with Crippen molar-refractivity contribution in [3.8, 4) is 0 Å². The SMILES string of the molecule is Cc1ccc(S(=O)(=O)n2cc([C@H](C[N+](=O)[O-])[C@H](C)CO)c3ccccc32)cc1. The number of hydrogen-bond donors (Lipinski definition) is 1. The van der Waals surface area contributed by atoms with Crippen LogP contribution in [0.25, 0.3) is 10.9 Å². The molecule has 28 heavy (non-hydrogen) atoms. The van der Waals surface area contributed by atoms with Gasteiger partial charge in [0.05, 0.1) is 16.3 Å². The van der Waals surface area contributed by atoms with E-state index in [4.69, 9.17) is 0 Å². The summed E-state index contributed by atoms with van der Waals surface area (Å²) in [5, 5.41) is 21.4. The molecule has 1 heterocycles. The van der Waals surface area contributed by atoms with Crippen LogP contribution < -0.4 is 0 Å². The van der Waals surface area contributed by atoms with Gasteiger partial charge in [-0.2, -0.15) is 0 Å². The van der Waals surface area contributed by atoms with Crippen LogP contribution in [-0.2, 0) is 10.0 Å². The number of aliphatic hydroxyl groups is 1. The van der Waals surface area contributed by atoms with Gasteiger partial charge >= 0.3 is 0 Å². The number of nitrogens with zero attached hydrogens (tertiary/aromatic N) is 2. The van der Waals surface area contributed by atoms with Gasteiger partial charge in [-0.3, -0.25) is 10.1 Å². The molecule has 1 aromatic heterocycles. The molecule has 148 valence electrons. The molecule has 7 nitrogen and oxygen atoms in total. The van der Waals surface area contributed by atoms with Crippen LogP contribution in [-0.4, -0.2) is 35.6 Å². The van der Waals surface area contributed by atoms with Crippen LogP contribution >= 0.6 is 0 Å². The summed E-state index contributed by atoms with van der Waals surface area (Å²) in [6.07, 6.45) is 1.46. The van der Waals surface area contributed by atoms with Crippen molar-refractivity contribution in [2.45, 2.75) is 24.7 Å². The van der Waals surface area contributed by atoms with Gasteiger partial charge in [0.1, 0.15) is 0 Å². The molecule has 0 unspecified atom stereocenters. The van der Waals surface area contributed by atoms with Crippen LogP contribution in [0, 0.1) is 23.0 Å². The summed E-state index contributed by atoms with van der Waals surface area (Å²) >= 11 is 0. The number of aliphatic hydroxyl groups excluding tert-OH is 1. The van der Waals surface area contributed by atoms with E-state index in [-0.39, 0.29) is 18.0 Å². The highest BCUT2D eigenvalue weighted by Gasteiger charge is 2.30. The lowest BCUT2D eigenvalue weighted by Gasteiger charge is -2.18. The van der Waals surface area contributed by atoms with Gasteiger partial charge in [-0.15, -0.1) is 0 Å². The Labute approximate surface area is 163 Å². The molecule has 0 aliphatic carbocycles. The molecule has 0 radical (unpaired) electrons. The summed E-state index contributed by atoms with van der Waals surface area (Å²) in [4.78, 5) is 10.9. The molecule has 0 spiro atoms. The largest absolute Gasteiger partial charge is 0.396 e. The van der Waals surface area contributed by atoms with E-state index in [1.807, 2.05) is 6.92 Å². The fourth-order valence-corrected chi connectivity index (χ4v) is 4.74. The Bertz CT molecular complexity index is 1100. The summed E-state index contributed by atoms with van der Waals surface area (Å²) in [5.74, 6) is -1.01. The molecule has 0 saturated heterocycles.